The van der Waals surface area contributed by atoms with Crippen molar-refractivity contribution >= 4 is 33.4 Å². The maximum absolute atomic E-state index is 12.1. The van der Waals surface area contributed by atoms with Gasteiger partial charge in [0.05, 0.1) is 11.6 Å². The summed E-state index contributed by atoms with van der Waals surface area (Å²) in [4.78, 5) is 0.0191. The summed E-state index contributed by atoms with van der Waals surface area (Å²) < 4.78 is 26.7. The smallest absolute Gasteiger partial charge is 0.242 e. The standard InChI is InChI=1S/C12H18ClNO3S2/c1-18-7-3-2-6-14-19(16,17)12-8-10(9-15)4-5-11(12)13/h4-5,8,14-15H,2-3,6-7,9H2,1H3. The minimum atomic E-state index is -3.61. The van der Waals surface area contributed by atoms with E-state index in [4.69, 9.17) is 16.7 Å². The van der Waals surface area contributed by atoms with Crippen molar-refractivity contribution in [2.45, 2.75) is 24.3 Å². The Morgan fingerprint density at radius 2 is 2.11 bits per heavy atom. The fourth-order valence-electron chi connectivity index (χ4n) is 1.51. The van der Waals surface area contributed by atoms with E-state index in [9.17, 15) is 8.42 Å². The lowest BCUT2D eigenvalue weighted by atomic mass is 10.2. The van der Waals surface area contributed by atoms with Crippen LogP contribution in [0.2, 0.25) is 5.02 Å². The van der Waals surface area contributed by atoms with Crippen LogP contribution in [0.25, 0.3) is 0 Å². The normalized spacial score (nSPS) is 11.7. The molecule has 0 spiro atoms. The first-order chi connectivity index (χ1) is 9.01. The van der Waals surface area contributed by atoms with Crippen molar-refractivity contribution < 1.29 is 13.5 Å². The molecule has 19 heavy (non-hydrogen) atoms. The summed E-state index contributed by atoms with van der Waals surface area (Å²) in [5.41, 5.74) is 0.521. The third kappa shape index (κ3) is 5.31. The quantitative estimate of drug-likeness (QED) is 0.720. The van der Waals surface area contributed by atoms with E-state index in [-0.39, 0.29) is 16.5 Å². The van der Waals surface area contributed by atoms with Gasteiger partial charge in [-0.1, -0.05) is 17.7 Å². The van der Waals surface area contributed by atoms with Crippen LogP contribution in [0.4, 0.5) is 0 Å². The Balaban J connectivity index is 2.71. The molecule has 0 saturated heterocycles. The number of halogens is 1. The van der Waals surface area contributed by atoms with Crippen LogP contribution < -0.4 is 4.72 Å². The van der Waals surface area contributed by atoms with Gasteiger partial charge in [0, 0.05) is 6.54 Å². The Hall–Kier alpha value is -0.270. The second-order valence-electron chi connectivity index (χ2n) is 4.02. The SMILES string of the molecule is CSCCCCNS(=O)(=O)c1cc(CO)ccc1Cl. The first kappa shape index (κ1) is 16.8. The van der Waals surface area contributed by atoms with Crippen LogP contribution in [0.15, 0.2) is 23.1 Å². The molecule has 7 heteroatoms. The Kier molecular flexibility index (Phi) is 7.17. The summed E-state index contributed by atoms with van der Waals surface area (Å²) in [6.07, 6.45) is 3.77. The molecule has 0 unspecified atom stereocenters. The highest BCUT2D eigenvalue weighted by Crippen LogP contribution is 2.22. The lowest BCUT2D eigenvalue weighted by Gasteiger charge is -2.09. The van der Waals surface area contributed by atoms with Crippen molar-refractivity contribution in [2.24, 2.45) is 0 Å². The monoisotopic (exact) mass is 323 g/mol. The molecule has 108 valence electrons. The van der Waals surface area contributed by atoms with Crippen molar-refractivity contribution in [3.8, 4) is 0 Å². The van der Waals surface area contributed by atoms with Gasteiger partial charge >= 0.3 is 0 Å². The van der Waals surface area contributed by atoms with Gasteiger partial charge in [-0.15, -0.1) is 0 Å². The van der Waals surface area contributed by atoms with Crippen molar-refractivity contribution in [1.82, 2.24) is 4.72 Å². The molecule has 1 aromatic rings. The summed E-state index contributed by atoms with van der Waals surface area (Å²) in [6.45, 7) is 0.177. The Bertz CT molecular complexity index is 506. The van der Waals surface area contributed by atoms with Gasteiger partial charge in [-0.3, -0.25) is 0 Å². The van der Waals surface area contributed by atoms with Crippen molar-refractivity contribution in [3.05, 3.63) is 28.8 Å². The number of rotatable bonds is 8. The van der Waals surface area contributed by atoms with Gasteiger partial charge in [0.15, 0.2) is 0 Å². The van der Waals surface area contributed by atoms with Crippen LogP contribution in [0.5, 0.6) is 0 Å². The molecule has 2 N–H and O–H groups in total. The summed E-state index contributed by atoms with van der Waals surface area (Å²) in [7, 11) is -3.61. The molecule has 0 bridgehead atoms. The average Bonchev–Trinajstić information content (AvgIpc) is 2.39. The molecule has 0 fully saturated rings. The van der Waals surface area contributed by atoms with Crippen LogP contribution in [0.1, 0.15) is 18.4 Å². The van der Waals surface area contributed by atoms with Gasteiger partial charge in [-0.2, -0.15) is 11.8 Å². The van der Waals surface area contributed by atoms with Crippen LogP contribution in [-0.2, 0) is 16.6 Å². The van der Waals surface area contributed by atoms with E-state index >= 15 is 0 Å². The predicted molar refractivity (Wildman–Crippen MR) is 80.2 cm³/mol. The molecular weight excluding hydrogens is 306 g/mol. The first-order valence-corrected chi connectivity index (χ1v) is 9.14. The van der Waals surface area contributed by atoms with Crippen LogP contribution in [-0.4, -0.2) is 32.1 Å². The lowest BCUT2D eigenvalue weighted by Crippen LogP contribution is -2.25. The molecule has 0 aromatic heterocycles. The van der Waals surface area contributed by atoms with Gasteiger partial charge in [0.25, 0.3) is 0 Å². The number of benzene rings is 1. The van der Waals surface area contributed by atoms with E-state index in [0.717, 1.165) is 18.6 Å². The van der Waals surface area contributed by atoms with Crippen LogP contribution in [0.3, 0.4) is 0 Å². The van der Waals surface area contributed by atoms with Gasteiger partial charge in [-0.05, 0) is 42.5 Å². The fourth-order valence-corrected chi connectivity index (χ4v) is 3.62. The van der Waals surface area contributed by atoms with E-state index in [1.807, 2.05) is 6.26 Å². The van der Waals surface area contributed by atoms with Gasteiger partial charge in [-0.25, -0.2) is 13.1 Å². The topological polar surface area (TPSA) is 66.4 Å². The number of unbranched alkanes of at least 4 members (excludes halogenated alkanes) is 1. The number of hydrogen-bond acceptors (Lipinski definition) is 4. The van der Waals surface area contributed by atoms with Crippen LogP contribution in [0, 0.1) is 0 Å². The highest BCUT2D eigenvalue weighted by molar-refractivity contribution is 7.98. The second-order valence-corrected chi connectivity index (χ2v) is 7.15. The molecule has 0 heterocycles. The third-order valence-corrected chi connectivity index (χ3v) is 5.17. The molecule has 4 nitrogen and oxygen atoms in total. The molecule has 0 radical (unpaired) electrons. The number of hydrogen-bond donors (Lipinski definition) is 2. The zero-order chi connectivity index (χ0) is 14.3. The Morgan fingerprint density at radius 1 is 1.37 bits per heavy atom. The van der Waals surface area contributed by atoms with Crippen molar-refractivity contribution in [2.75, 3.05) is 18.6 Å². The zero-order valence-electron chi connectivity index (χ0n) is 10.7. The zero-order valence-corrected chi connectivity index (χ0v) is 13.1. The lowest BCUT2D eigenvalue weighted by molar-refractivity contribution is 0.281. The third-order valence-electron chi connectivity index (χ3n) is 2.54. The molecule has 1 rings (SSSR count). The molecule has 0 aliphatic rings. The summed E-state index contributed by atoms with van der Waals surface area (Å²) >= 11 is 7.63. The molecule has 0 aliphatic carbocycles. The average molecular weight is 324 g/mol. The number of aliphatic hydroxyl groups excluding tert-OH is 1. The Morgan fingerprint density at radius 3 is 2.74 bits per heavy atom. The number of nitrogens with one attached hydrogen (secondary N) is 1. The van der Waals surface area contributed by atoms with Gasteiger partial charge in [0.1, 0.15) is 4.90 Å². The molecule has 0 saturated carbocycles. The van der Waals surface area contributed by atoms with Crippen LogP contribution >= 0.6 is 23.4 Å². The van der Waals surface area contributed by atoms with E-state index in [2.05, 4.69) is 4.72 Å². The van der Waals surface area contributed by atoms with Gasteiger partial charge in [0.2, 0.25) is 10.0 Å². The summed E-state index contributed by atoms with van der Waals surface area (Å²) in [6, 6.07) is 4.47. The highest BCUT2D eigenvalue weighted by atomic mass is 35.5. The molecule has 0 aliphatic heterocycles. The summed E-state index contributed by atoms with van der Waals surface area (Å²) in [5, 5.41) is 9.19. The maximum Gasteiger partial charge on any atom is 0.242 e. The van der Waals surface area contributed by atoms with Crippen molar-refractivity contribution in [1.29, 1.82) is 0 Å². The minimum absolute atomic E-state index is 0.0191. The molecule has 0 atom stereocenters. The minimum Gasteiger partial charge on any atom is -0.392 e. The van der Waals surface area contributed by atoms with Gasteiger partial charge < -0.3 is 5.11 Å². The molecule has 1 aromatic carbocycles. The molecule has 0 amide bonds. The first-order valence-electron chi connectivity index (χ1n) is 5.89. The number of sulfonamides is 1. The van der Waals surface area contributed by atoms with E-state index in [0.29, 0.717) is 12.1 Å². The largest absolute Gasteiger partial charge is 0.392 e. The van der Waals surface area contributed by atoms with E-state index in [1.165, 1.54) is 12.1 Å². The fraction of sp³-hybridized carbons (Fsp3) is 0.500. The molecular formula is C12H18ClNO3S2. The number of thioether (sulfide) groups is 1. The maximum atomic E-state index is 12.1. The predicted octanol–water partition coefficient (Wildman–Crippen LogP) is 2.25. The Labute approximate surface area is 123 Å². The van der Waals surface area contributed by atoms with E-state index < -0.39 is 10.0 Å². The summed E-state index contributed by atoms with van der Waals surface area (Å²) in [5.74, 6) is 1.02. The van der Waals surface area contributed by atoms with E-state index in [1.54, 1.807) is 17.8 Å². The van der Waals surface area contributed by atoms with Crippen molar-refractivity contribution in [3.63, 3.8) is 0 Å². The second kappa shape index (κ2) is 8.11. The number of aliphatic hydroxyl groups is 1. The highest BCUT2D eigenvalue weighted by Gasteiger charge is 2.17.